The number of hydrogen-bond donors (Lipinski definition) is 1. The van der Waals surface area contributed by atoms with Crippen molar-refractivity contribution >= 4 is 11.6 Å². The van der Waals surface area contributed by atoms with Gasteiger partial charge in [0, 0.05) is 6.54 Å². The van der Waals surface area contributed by atoms with Gasteiger partial charge in [-0.2, -0.15) is 4.39 Å². The normalized spacial score (nSPS) is 21.6. The third-order valence-electron chi connectivity index (χ3n) is 3.78. The Morgan fingerprint density at radius 1 is 1.52 bits per heavy atom. The van der Waals surface area contributed by atoms with E-state index < -0.39 is 39.8 Å². The Bertz CT molecular complexity index is 594. The van der Waals surface area contributed by atoms with E-state index in [0.29, 0.717) is 18.6 Å². The van der Waals surface area contributed by atoms with Gasteiger partial charge in [-0.05, 0) is 18.4 Å². The highest BCUT2D eigenvalue weighted by Gasteiger charge is 2.36. The first-order valence-electron chi connectivity index (χ1n) is 6.42. The molecule has 2 atom stereocenters. The van der Waals surface area contributed by atoms with Gasteiger partial charge in [0.1, 0.15) is 5.82 Å². The number of hydrogen-bond acceptors (Lipinski definition) is 4. The zero-order chi connectivity index (χ0) is 15.7. The monoisotopic (exact) mass is 300 g/mol. The largest absolute Gasteiger partial charge is 0.394 e. The van der Waals surface area contributed by atoms with Crippen molar-refractivity contribution in [2.45, 2.75) is 19.4 Å². The first-order valence-corrected chi connectivity index (χ1v) is 6.42. The highest BCUT2D eigenvalue weighted by atomic mass is 19.1. The molecule has 0 bridgehead atoms. The highest BCUT2D eigenvalue weighted by Crippen LogP contribution is 2.28. The Morgan fingerprint density at radius 3 is 2.76 bits per heavy atom. The van der Waals surface area contributed by atoms with E-state index in [-0.39, 0.29) is 19.1 Å². The van der Waals surface area contributed by atoms with Crippen LogP contribution in [0.4, 0.5) is 14.5 Å². The average molecular weight is 300 g/mol. The van der Waals surface area contributed by atoms with Crippen molar-refractivity contribution in [1.29, 1.82) is 0 Å². The summed E-state index contributed by atoms with van der Waals surface area (Å²) in [6.45, 7) is 1.82. The third-order valence-corrected chi connectivity index (χ3v) is 3.78. The van der Waals surface area contributed by atoms with Crippen LogP contribution in [0.2, 0.25) is 0 Å². The molecule has 0 saturated carbocycles. The maximum absolute atomic E-state index is 14.0. The van der Waals surface area contributed by atoms with Crippen molar-refractivity contribution in [2.24, 2.45) is 5.92 Å². The molecule has 2 rings (SSSR count). The fourth-order valence-electron chi connectivity index (χ4n) is 2.56. The number of rotatable bonds is 3. The first kappa shape index (κ1) is 15.3. The second-order valence-electron chi connectivity index (χ2n) is 5.06. The molecule has 114 valence electrons. The van der Waals surface area contributed by atoms with E-state index in [1.807, 2.05) is 6.92 Å². The van der Waals surface area contributed by atoms with Gasteiger partial charge in [-0.3, -0.25) is 14.9 Å². The fourth-order valence-corrected chi connectivity index (χ4v) is 2.56. The van der Waals surface area contributed by atoms with Crippen LogP contribution < -0.4 is 0 Å². The molecule has 1 aromatic carbocycles. The van der Waals surface area contributed by atoms with E-state index >= 15 is 0 Å². The van der Waals surface area contributed by atoms with Crippen LogP contribution in [-0.4, -0.2) is 40.0 Å². The van der Waals surface area contributed by atoms with Gasteiger partial charge in [-0.25, -0.2) is 4.39 Å². The zero-order valence-corrected chi connectivity index (χ0v) is 11.3. The molecule has 1 aromatic rings. The van der Waals surface area contributed by atoms with Crippen molar-refractivity contribution in [1.82, 2.24) is 4.90 Å². The Labute approximate surface area is 119 Å². The van der Waals surface area contributed by atoms with Crippen molar-refractivity contribution in [3.63, 3.8) is 0 Å². The number of nitrogens with zero attached hydrogens (tertiary/aromatic N) is 2. The number of aliphatic hydroxyl groups is 1. The van der Waals surface area contributed by atoms with Crippen molar-refractivity contribution in [2.75, 3.05) is 13.2 Å². The summed E-state index contributed by atoms with van der Waals surface area (Å²) in [4.78, 5) is 23.1. The topological polar surface area (TPSA) is 83.7 Å². The Hall–Kier alpha value is -2.09. The summed E-state index contributed by atoms with van der Waals surface area (Å²) in [7, 11) is 0. The molecule has 0 aromatic heterocycles. The van der Waals surface area contributed by atoms with Gasteiger partial charge in [0.15, 0.2) is 0 Å². The lowest BCUT2D eigenvalue weighted by Crippen LogP contribution is -2.40. The fraction of sp³-hybridized carbons (Fsp3) is 0.462. The third kappa shape index (κ3) is 2.71. The second-order valence-corrected chi connectivity index (χ2v) is 5.06. The molecule has 0 spiro atoms. The quantitative estimate of drug-likeness (QED) is 0.680. The molecule has 1 amide bonds. The Balaban J connectivity index is 2.42. The minimum atomic E-state index is -1.36. The molecule has 1 fully saturated rings. The van der Waals surface area contributed by atoms with Crippen LogP contribution in [0.25, 0.3) is 0 Å². The molecule has 21 heavy (non-hydrogen) atoms. The minimum absolute atomic E-state index is 0.0190. The van der Waals surface area contributed by atoms with Gasteiger partial charge in [0.25, 0.3) is 5.91 Å². The summed E-state index contributed by atoms with van der Waals surface area (Å²) in [5.41, 5.74) is -1.76. The van der Waals surface area contributed by atoms with E-state index in [1.54, 1.807) is 0 Å². The molecule has 1 saturated heterocycles. The standard InChI is InChI=1S/C13H14F2N2O4/c1-7-2-3-16(11(7)6-18)13(19)9-4-8(14)5-10(12(9)15)17(20)21/h4-5,7,11,18H,2-3,6H2,1H3. The predicted molar refractivity (Wildman–Crippen MR) is 68.7 cm³/mol. The molecule has 8 heteroatoms. The number of halogens is 2. The van der Waals surface area contributed by atoms with Gasteiger partial charge < -0.3 is 10.0 Å². The lowest BCUT2D eigenvalue weighted by molar-refractivity contribution is -0.387. The van der Waals surface area contributed by atoms with E-state index in [4.69, 9.17) is 0 Å². The number of carbonyl (C=O) groups excluding carboxylic acids is 1. The number of likely N-dealkylation sites (tertiary alicyclic amines) is 1. The van der Waals surface area contributed by atoms with Crippen LogP contribution in [0.1, 0.15) is 23.7 Å². The molecule has 1 heterocycles. The molecule has 1 N–H and O–H groups in total. The van der Waals surface area contributed by atoms with Crippen LogP contribution in [-0.2, 0) is 0 Å². The number of benzene rings is 1. The molecule has 1 aliphatic rings. The molecule has 0 radical (unpaired) electrons. The minimum Gasteiger partial charge on any atom is -0.394 e. The zero-order valence-electron chi connectivity index (χ0n) is 11.3. The molecular formula is C13H14F2N2O4. The second kappa shape index (κ2) is 5.72. The molecule has 2 unspecified atom stereocenters. The molecular weight excluding hydrogens is 286 g/mol. The smallest absolute Gasteiger partial charge is 0.308 e. The average Bonchev–Trinajstić information content (AvgIpc) is 2.80. The van der Waals surface area contributed by atoms with Crippen LogP contribution in [0, 0.1) is 27.7 Å². The Morgan fingerprint density at radius 2 is 2.19 bits per heavy atom. The summed E-state index contributed by atoms with van der Waals surface area (Å²) < 4.78 is 27.4. The summed E-state index contributed by atoms with van der Waals surface area (Å²) in [5.74, 6) is -3.24. The van der Waals surface area contributed by atoms with Crippen LogP contribution in [0.3, 0.4) is 0 Å². The number of aliphatic hydroxyl groups excluding tert-OH is 1. The summed E-state index contributed by atoms with van der Waals surface area (Å²) in [5, 5.41) is 20.0. The van der Waals surface area contributed by atoms with Crippen LogP contribution in [0.5, 0.6) is 0 Å². The number of amides is 1. The lowest BCUT2D eigenvalue weighted by Gasteiger charge is -2.25. The number of nitro groups is 1. The van der Waals surface area contributed by atoms with Crippen LogP contribution >= 0.6 is 0 Å². The molecule has 1 aliphatic heterocycles. The lowest BCUT2D eigenvalue weighted by atomic mass is 10.0. The van der Waals surface area contributed by atoms with Gasteiger partial charge in [0.05, 0.1) is 29.2 Å². The van der Waals surface area contributed by atoms with E-state index in [0.717, 1.165) is 0 Å². The maximum atomic E-state index is 14.0. The summed E-state index contributed by atoms with van der Waals surface area (Å²) >= 11 is 0. The van der Waals surface area contributed by atoms with Gasteiger partial charge in [-0.15, -0.1) is 0 Å². The Kier molecular flexibility index (Phi) is 4.17. The van der Waals surface area contributed by atoms with Gasteiger partial charge >= 0.3 is 5.69 Å². The van der Waals surface area contributed by atoms with E-state index in [9.17, 15) is 28.8 Å². The SMILES string of the molecule is CC1CCN(C(=O)c2cc(F)cc([N+](=O)[O-])c2F)C1CO. The summed E-state index contributed by atoms with van der Waals surface area (Å²) in [6.07, 6.45) is 0.621. The van der Waals surface area contributed by atoms with Crippen molar-refractivity contribution in [3.05, 3.63) is 39.4 Å². The molecule has 0 aliphatic carbocycles. The predicted octanol–water partition coefficient (Wildman–Crippen LogP) is 1.72. The van der Waals surface area contributed by atoms with Gasteiger partial charge in [0.2, 0.25) is 5.82 Å². The highest BCUT2D eigenvalue weighted by molar-refractivity contribution is 5.95. The molecule has 6 nitrogen and oxygen atoms in total. The van der Waals surface area contributed by atoms with Crippen molar-refractivity contribution in [3.8, 4) is 0 Å². The van der Waals surface area contributed by atoms with E-state index in [1.165, 1.54) is 4.90 Å². The van der Waals surface area contributed by atoms with Gasteiger partial charge in [-0.1, -0.05) is 6.92 Å². The first-order chi connectivity index (χ1) is 9.86. The maximum Gasteiger partial charge on any atom is 0.308 e. The number of carbonyl (C=O) groups is 1. The van der Waals surface area contributed by atoms with Crippen molar-refractivity contribution < 1.29 is 23.6 Å². The van der Waals surface area contributed by atoms with E-state index in [2.05, 4.69) is 0 Å². The number of nitro benzene ring substituents is 1. The summed E-state index contributed by atoms with van der Waals surface area (Å²) in [6, 6.07) is 0.573. The van der Waals surface area contributed by atoms with Crippen LogP contribution in [0.15, 0.2) is 12.1 Å².